The van der Waals surface area contributed by atoms with Crippen LogP contribution < -0.4 is 0 Å². The van der Waals surface area contributed by atoms with Crippen LogP contribution in [0.1, 0.15) is 84.0 Å². The first-order valence-electron chi connectivity index (χ1n) is 9.99. The fourth-order valence-corrected chi connectivity index (χ4v) is 3.38. The van der Waals surface area contributed by atoms with E-state index < -0.39 is 6.10 Å². The van der Waals surface area contributed by atoms with Crippen molar-refractivity contribution in [2.24, 2.45) is 0 Å². The molecule has 0 aromatic carbocycles. The van der Waals surface area contributed by atoms with Gasteiger partial charge in [0.1, 0.15) is 25.7 Å². The fraction of sp³-hybridized carbons (Fsp3) is 1.00. The highest BCUT2D eigenvalue weighted by Gasteiger charge is 2.24. The van der Waals surface area contributed by atoms with Crippen molar-refractivity contribution in [2.75, 3.05) is 32.8 Å². The zero-order chi connectivity index (χ0) is 16.8. The molecular formula is C19H39NO3. The van der Waals surface area contributed by atoms with Crippen LogP contribution in [0.15, 0.2) is 0 Å². The SMILES string of the molecule is CCCCCCCCCCCCCC(O)C[N+]1([O-])CCOCC1. The first-order valence-corrected chi connectivity index (χ1v) is 9.99. The second-order valence-corrected chi connectivity index (χ2v) is 7.28. The van der Waals surface area contributed by atoms with Crippen molar-refractivity contribution in [3.05, 3.63) is 5.21 Å². The molecule has 0 radical (unpaired) electrons. The Morgan fingerprint density at radius 2 is 1.35 bits per heavy atom. The highest BCUT2D eigenvalue weighted by Crippen LogP contribution is 2.15. The molecule has 0 amide bonds. The minimum Gasteiger partial charge on any atom is -0.633 e. The van der Waals surface area contributed by atoms with E-state index in [4.69, 9.17) is 4.74 Å². The molecule has 1 fully saturated rings. The van der Waals surface area contributed by atoms with Gasteiger partial charge in [0.25, 0.3) is 0 Å². The molecule has 1 unspecified atom stereocenters. The number of ether oxygens (including phenoxy) is 1. The number of hydroxylamine groups is 3. The lowest BCUT2D eigenvalue weighted by Crippen LogP contribution is -2.53. The van der Waals surface area contributed by atoms with Crippen LogP contribution in [-0.2, 0) is 4.74 Å². The molecule has 138 valence electrons. The maximum Gasteiger partial charge on any atom is 0.105 e. The Morgan fingerprint density at radius 1 is 0.870 bits per heavy atom. The van der Waals surface area contributed by atoms with Crippen molar-refractivity contribution in [2.45, 2.75) is 90.1 Å². The molecule has 1 aliphatic rings. The van der Waals surface area contributed by atoms with E-state index in [0.29, 0.717) is 32.8 Å². The van der Waals surface area contributed by atoms with Gasteiger partial charge in [0.05, 0.1) is 13.2 Å². The van der Waals surface area contributed by atoms with E-state index in [1.165, 1.54) is 64.2 Å². The molecule has 1 heterocycles. The minimum absolute atomic E-state index is 0.265. The van der Waals surface area contributed by atoms with Crippen LogP contribution in [0.3, 0.4) is 0 Å². The molecule has 0 aliphatic carbocycles. The van der Waals surface area contributed by atoms with Crippen molar-refractivity contribution in [3.63, 3.8) is 0 Å². The number of aliphatic hydroxyl groups excluding tert-OH is 1. The number of unbranched alkanes of at least 4 members (excludes halogenated alkanes) is 10. The molecule has 4 nitrogen and oxygen atoms in total. The van der Waals surface area contributed by atoms with Gasteiger partial charge in [-0.2, -0.15) is 0 Å². The average Bonchev–Trinajstić information content (AvgIpc) is 2.53. The number of morpholine rings is 1. The summed E-state index contributed by atoms with van der Waals surface area (Å²) in [6.45, 7) is 4.67. The Balaban J connectivity index is 1.86. The molecule has 0 spiro atoms. The topological polar surface area (TPSA) is 52.5 Å². The Morgan fingerprint density at radius 3 is 1.87 bits per heavy atom. The maximum absolute atomic E-state index is 12.3. The monoisotopic (exact) mass is 329 g/mol. The molecule has 0 saturated carbocycles. The molecular weight excluding hydrogens is 290 g/mol. The molecule has 0 bridgehead atoms. The second kappa shape index (κ2) is 13.2. The van der Waals surface area contributed by atoms with Crippen LogP contribution in [0, 0.1) is 5.21 Å². The number of quaternary nitrogens is 1. The third-order valence-electron chi connectivity index (χ3n) is 4.97. The summed E-state index contributed by atoms with van der Waals surface area (Å²) in [4.78, 5) is 0. The summed E-state index contributed by atoms with van der Waals surface area (Å²) in [5.41, 5.74) is 0. The summed E-state index contributed by atoms with van der Waals surface area (Å²) < 4.78 is 4.96. The minimum atomic E-state index is -0.441. The van der Waals surface area contributed by atoms with E-state index in [1.807, 2.05) is 0 Å². The van der Waals surface area contributed by atoms with Crippen molar-refractivity contribution in [3.8, 4) is 0 Å². The fourth-order valence-electron chi connectivity index (χ4n) is 3.38. The summed E-state index contributed by atoms with van der Waals surface area (Å²) in [6.07, 6.45) is 14.8. The van der Waals surface area contributed by atoms with Crippen LogP contribution in [-0.4, -0.2) is 48.7 Å². The summed E-state index contributed by atoms with van der Waals surface area (Å²) in [7, 11) is 0. The highest BCUT2D eigenvalue weighted by molar-refractivity contribution is 4.60. The first kappa shape index (κ1) is 20.9. The molecule has 1 rings (SSSR count). The van der Waals surface area contributed by atoms with E-state index in [9.17, 15) is 10.3 Å². The molecule has 1 aliphatic heterocycles. The predicted octanol–water partition coefficient (Wildman–Crippen LogP) is 4.39. The van der Waals surface area contributed by atoms with Gasteiger partial charge in [-0.15, -0.1) is 0 Å². The van der Waals surface area contributed by atoms with Crippen molar-refractivity contribution >= 4 is 0 Å². The highest BCUT2D eigenvalue weighted by atomic mass is 16.6. The van der Waals surface area contributed by atoms with Gasteiger partial charge in [-0.3, -0.25) is 0 Å². The van der Waals surface area contributed by atoms with E-state index in [2.05, 4.69) is 6.92 Å². The molecule has 4 heteroatoms. The van der Waals surface area contributed by atoms with E-state index in [0.717, 1.165) is 12.8 Å². The van der Waals surface area contributed by atoms with E-state index >= 15 is 0 Å². The van der Waals surface area contributed by atoms with Gasteiger partial charge in [0, 0.05) is 0 Å². The lowest BCUT2D eigenvalue weighted by atomic mass is 10.0. The molecule has 1 atom stereocenters. The Hall–Kier alpha value is -0.160. The van der Waals surface area contributed by atoms with Crippen LogP contribution in [0.5, 0.6) is 0 Å². The van der Waals surface area contributed by atoms with Crippen molar-refractivity contribution in [1.82, 2.24) is 0 Å². The summed E-state index contributed by atoms with van der Waals surface area (Å²) in [5.74, 6) is 0. The Kier molecular flexibility index (Phi) is 12.0. The van der Waals surface area contributed by atoms with Crippen molar-refractivity contribution < 1.29 is 14.5 Å². The third kappa shape index (κ3) is 11.1. The van der Waals surface area contributed by atoms with Gasteiger partial charge in [0.15, 0.2) is 0 Å². The quantitative estimate of drug-likeness (QED) is 0.292. The van der Waals surface area contributed by atoms with Gasteiger partial charge in [-0.05, 0) is 6.42 Å². The normalized spacial score (nSPS) is 18.9. The lowest BCUT2D eigenvalue weighted by molar-refractivity contribution is -0.891. The van der Waals surface area contributed by atoms with Gasteiger partial charge in [0.2, 0.25) is 0 Å². The number of hydrogen-bond acceptors (Lipinski definition) is 3. The van der Waals surface area contributed by atoms with Gasteiger partial charge >= 0.3 is 0 Å². The van der Waals surface area contributed by atoms with E-state index in [1.54, 1.807) is 0 Å². The molecule has 1 saturated heterocycles. The predicted molar refractivity (Wildman–Crippen MR) is 96.1 cm³/mol. The van der Waals surface area contributed by atoms with Crippen LogP contribution in [0.25, 0.3) is 0 Å². The number of aliphatic hydroxyl groups is 1. The summed E-state index contributed by atoms with van der Waals surface area (Å²) in [5, 5.41) is 22.4. The molecule has 0 aromatic heterocycles. The maximum atomic E-state index is 12.3. The zero-order valence-corrected chi connectivity index (χ0v) is 15.3. The van der Waals surface area contributed by atoms with Gasteiger partial charge in [-0.25, -0.2) is 0 Å². The Labute approximate surface area is 143 Å². The lowest BCUT2D eigenvalue weighted by Gasteiger charge is -2.46. The van der Waals surface area contributed by atoms with E-state index in [-0.39, 0.29) is 4.65 Å². The summed E-state index contributed by atoms with van der Waals surface area (Å²) in [6, 6.07) is 0. The van der Waals surface area contributed by atoms with Gasteiger partial charge in [-0.1, -0.05) is 77.6 Å². The van der Waals surface area contributed by atoms with Crippen LogP contribution in [0.2, 0.25) is 0 Å². The molecule has 1 N–H and O–H groups in total. The van der Waals surface area contributed by atoms with Crippen molar-refractivity contribution in [1.29, 1.82) is 0 Å². The largest absolute Gasteiger partial charge is 0.633 e. The third-order valence-corrected chi connectivity index (χ3v) is 4.97. The average molecular weight is 330 g/mol. The summed E-state index contributed by atoms with van der Waals surface area (Å²) >= 11 is 0. The van der Waals surface area contributed by atoms with Gasteiger partial charge < -0.3 is 19.7 Å². The first-order chi connectivity index (χ1) is 11.2. The number of rotatable bonds is 14. The standard InChI is InChI=1S/C19H39NO3/c1-2-3-4-5-6-7-8-9-10-11-12-13-19(21)18-20(22)14-16-23-17-15-20/h19,21H,2-18H2,1H3. The number of hydrogen-bond donors (Lipinski definition) is 1. The van der Waals surface area contributed by atoms with Crippen LogP contribution >= 0.6 is 0 Å². The molecule has 0 aromatic rings. The second-order valence-electron chi connectivity index (χ2n) is 7.28. The van der Waals surface area contributed by atoms with Crippen LogP contribution in [0.4, 0.5) is 0 Å². The molecule has 23 heavy (non-hydrogen) atoms. The number of nitrogens with zero attached hydrogens (tertiary/aromatic N) is 1. The smallest absolute Gasteiger partial charge is 0.105 e. The Bertz CT molecular complexity index is 267. The zero-order valence-electron chi connectivity index (χ0n) is 15.3.